The minimum absolute atomic E-state index is 0.0210. The summed E-state index contributed by atoms with van der Waals surface area (Å²) in [6.07, 6.45) is 1.61. The van der Waals surface area contributed by atoms with Crippen LogP contribution in [0.4, 0.5) is 0 Å². The molecule has 6 heteroatoms. The number of thioether (sulfide) groups is 1. The molecule has 1 N–H and O–H groups in total. The number of hydrogen-bond acceptors (Lipinski definition) is 4. The van der Waals surface area contributed by atoms with Gasteiger partial charge in [0.2, 0.25) is 5.91 Å². The first kappa shape index (κ1) is 19.8. The van der Waals surface area contributed by atoms with Crippen molar-refractivity contribution in [3.8, 4) is 0 Å². The quantitative estimate of drug-likeness (QED) is 0.602. The van der Waals surface area contributed by atoms with Crippen LogP contribution < -0.4 is 5.32 Å². The summed E-state index contributed by atoms with van der Waals surface area (Å²) >= 11 is 1.82. The van der Waals surface area contributed by atoms with Gasteiger partial charge in [-0.3, -0.25) is 19.3 Å². The van der Waals surface area contributed by atoms with Gasteiger partial charge in [-0.2, -0.15) is 0 Å². The van der Waals surface area contributed by atoms with Gasteiger partial charge in [-0.1, -0.05) is 42.5 Å². The fraction of sp³-hybridized carbons (Fsp3) is 0.240. The van der Waals surface area contributed by atoms with Gasteiger partial charge in [-0.15, -0.1) is 11.8 Å². The minimum Gasteiger partial charge on any atom is -0.349 e. The van der Waals surface area contributed by atoms with Crippen LogP contribution in [0, 0.1) is 0 Å². The second kappa shape index (κ2) is 8.19. The van der Waals surface area contributed by atoms with Crippen LogP contribution in [0.15, 0.2) is 65.6 Å². The Bertz CT molecular complexity index is 1160. The van der Waals surface area contributed by atoms with Crippen molar-refractivity contribution in [2.75, 3.05) is 12.3 Å². The monoisotopic (exact) mass is 430 g/mol. The molecule has 31 heavy (non-hydrogen) atoms. The highest BCUT2D eigenvalue weighted by atomic mass is 32.2. The Morgan fingerprint density at radius 1 is 0.968 bits per heavy atom. The number of amides is 3. The van der Waals surface area contributed by atoms with Crippen molar-refractivity contribution in [2.45, 2.75) is 30.2 Å². The lowest BCUT2D eigenvalue weighted by molar-refractivity contribution is -0.122. The van der Waals surface area contributed by atoms with Gasteiger partial charge >= 0.3 is 0 Å². The molecule has 2 heterocycles. The van der Waals surface area contributed by atoms with Crippen molar-refractivity contribution in [3.05, 3.63) is 77.4 Å². The lowest BCUT2D eigenvalue weighted by Crippen LogP contribution is -2.41. The summed E-state index contributed by atoms with van der Waals surface area (Å²) in [5, 5.41) is 4.74. The van der Waals surface area contributed by atoms with Gasteiger partial charge in [0.05, 0.1) is 6.04 Å². The summed E-state index contributed by atoms with van der Waals surface area (Å²) in [6, 6.07) is 19.2. The average molecular weight is 431 g/mol. The zero-order chi connectivity index (χ0) is 21.4. The Morgan fingerprint density at radius 2 is 1.68 bits per heavy atom. The first-order valence-corrected chi connectivity index (χ1v) is 11.5. The fourth-order valence-corrected chi connectivity index (χ4v) is 5.57. The Hall–Kier alpha value is -3.12. The molecule has 3 aromatic rings. The molecule has 0 aliphatic carbocycles. The predicted octanol–water partition coefficient (Wildman–Crippen LogP) is 4.57. The van der Waals surface area contributed by atoms with Crippen LogP contribution in [0.2, 0.25) is 0 Å². The molecule has 1 atom stereocenters. The van der Waals surface area contributed by atoms with Crippen molar-refractivity contribution in [1.29, 1.82) is 0 Å². The van der Waals surface area contributed by atoms with Gasteiger partial charge in [0.25, 0.3) is 11.8 Å². The topological polar surface area (TPSA) is 66.5 Å². The van der Waals surface area contributed by atoms with Crippen molar-refractivity contribution < 1.29 is 14.4 Å². The standard InChI is InChI=1S/C25H22N2O3S/c28-22(26-20-13-15-31-21-11-2-1-8-17(20)21)12-5-14-27-24(29)18-9-3-6-16-7-4-10-19(23(16)18)25(27)30/h1-4,6-11,20H,5,12-15H2,(H,26,28)/t20-/m0/s1. The lowest BCUT2D eigenvalue weighted by Gasteiger charge is -2.28. The number of hydrogen-bond donors (Lipinski definition) is 1. The minimum atomic E-state index is -0.284. The first-order valence-electron chi connectivity index (χ1n) is 10.5. The molecule has 5 nitrogen and oxygen atoms in total. The summed E-state index contributed by atoms with van der Waals surface area (Å²) in [5.41, 5.74) is 2.26. The Morgan fingerprint density at radius 3 is 2.42 bits per heavy atom. The number of nitrogens with zero attached hydrogens (tertiary/aromatic N) is 1. The smallest absolute Gasteiger partial charge is 0.261 e. The van der Waals surface area contributed by atoms with Crippen LogP contribution in [0.3, 0.4) is 0 Å². The Labute approximate surface area is 184 Å². The molecule has 3 aromatic carbocycles. The number of carbonyl (C=O) groups excluding carboxylic acids is 3. The second-order valence-corrected chi connectivity index (χ2v) is 9.01. The molecule has 156 valence electrons. The third kappa shape index (κ3) is 3.61. The van der Waals surface area contributed by atoms with Crippen LogP contribution in [-0.4, -0.2) is 34.9 Å². The van der Waals surface area contributed by atoms with E-state index in [0.717, 1.165) is 28.5 Å². The molecular weight excluding hydrogens is 408 g/mol. The molecule has 2 aliphatic rings. The van der Waals surface area contributed by atoms with Crippen molar-refractivity contribution >= 4 is 40.3 Å². The second-order valence-electron chi connectivity index (χ2n) is 7.87. The zero-order valence-electron chi connectivity index (χ0n) is 17.0. The molecule has 5 rings (SSSR count). The lowest BCUT2D eigenvalue weighted by atomic mass is 9.94. The summed E-state index contributed by atoms with van der Waals surface area (Å²) in [7, 11) is 0. The van der Waals surface area contributed by atoms with E-state index in [9.17, 15) is 14.4 Å². The van der Waals surface area contributed by atoms with E-state index in [1.807, 2.05) is 48.2 Å². The molecule has 0 fully saturated rings. The predicted molar refractivity (Wildman–Crippen MR) is 121 cm³/mol. The highest BCUT2D eigenvalue weighted by molar-refractivity contribution is 7.99. The first-order chi connectivity index (χ1) is 15.1. The number of nitrogens with one attached hydrogen (secondary N) is 1. The molecule has 2 aliphatic heterocycles. The average Bonchev–Trinajstić information content (AvgIpc) is 2.80. The van der Waals surface area contributed by atoms with Crippen LogP contribution in [0.1, 0.15) is 51.6 Å². The third-order valence-electron chi connectivity index (χ3n) is 5.94. The molecule has 0 saturated heterocycles. The normalized spacial score (nSPS) is 17.5. The summed E-state index contributed by atoms with van der Waals surface area (Å²) in [6.45, 7) is 0.229. The van der Waals surface area contributed by atoms with Gasteiger partial charge in [-0.25, -0.2) is 0 Å². The maximum Gasteiger partial charge on any atom is 0.261 e. The van der Waals surface area contributed by atoms with Crippen LogP contribution in [0.5, 0.6) is 0 Å². The van der Waals surface area contributed by atoms with E-state index in [1.165, 1.54) is 9.80 Å². The number of carbonyl (C=O) groups is 3. The van der Waals surface area contributed by atoms with Crippen molar-refractivity contribution in [1.82, 2.24) is 10.2 Å². The van der Waals surface area contributed by atoms with Gasteiger partial charge in [0.15, 0.2) is 0 Å². The van der Waals surface area contributed by atoms with Gasteiger partial charge in [-0.05, 0) is 42.0 Å². The number of imide groups is 1. The summed E-state index contributed by atoms with van der Waals surface area (Å²) in [4.78, 5) is 41.0. The number of fused-ring (bicyclic) bond motifs is 1. The molecule has 0 unspecified atom stereocenters. The van der Waals surface area contributed by atoms with Gasteiger partial charge in [0, 0.05) is 40.1 Å². The molecule has 0 bridgehead atoms. The largest absolute Gasteiger partial charge is 0.349 e. The van der Waals surface area contributed by atoms with Crippen molar-refractivity contribution in [2.24, 2.45) is 0 Å². The zero-order valence-corrected chi connectivity index (χ0v) is 17.8. The van der Waals surface area contributed by atoms with E-state index in [2.05, 4.69) is 17.4 Å². The number of rotatable bonds is 5. The maximum absolute atomic E-state index is 12.9. The van der Waals surface area contributed by atoms with Crippen LogP contribution in [0.25, 0.3) is 10.8 Å². The van der Waals surface area contributed by atoms with E-state index < -0.39 is 0 Å². The third-order valence-corrected chi connectivity index (χ3v) is 7.06. The van der Waals surface area contributed by atoms with Crippen LogP contribution in [-0.2, 0) is 4.79 Å². The SMILES string of the molecule is O=C(CCCN1C(=O)c2cccc3cccc(c23)C1=O)N[C@H]1CCSc2ccccc21. The van der Waals surface area contributed by atoms with E-state index in [4.69, 9.17) is 0 Å². The van der Waals surface area contributed by atoms with E-state index in [0.29, 0.717) is 17.5 Å². The van der Waals surface area contributed by atoms with Gasteiger partial charge in [0.1, 0.15) is 0 Å². The molecule has 0 aromatic heterocycles. The maximum atomic E-state index is 12.9. The summed E-state index contributed by atoms with van der Waals surface area (Å²) < 4.78 is 0. The van der Waals surface area contributed by atoms with E-state index >= 15 is 0 Å². The Balaban J connectivity index is 1.24. The Kier molecular flexibility index (Phi) is 5.24. The van der Waals surface area contributed by atoms with Crippen LogP contribution >= 0.6 is 11.8 Å². The molecule has 0 radical (unpaired) electrons. The summed E-state index contributed by atoms with van der Waals surface area (Å²) in [5.74, 6) is 0.357. The molecular formula is C25H22N2O3S. The highest BCUT2D eigenvalue weighted by Gasteiger charge is 2.32. The highest BCUT2D eigenvalue weighted by Crippen LogP contribution is 2.36. The molecule has 0 spiro atoms. The van der Waals surface area contributed by atoms with E-state index in [1.54, 1.807) is 12.1 Å². The molecule has 3 amide bonds. The van der Waals surface area contributed by atoms with Crippen molar-refractivity contribution in [3.63, 3.8) is 0 Å². The van der Waals surface area contributed by atoms with Gasteiger partial charge < -0.3 is 5.32 Å². The number of benzene rings is 3. The van der Waals surface area contributed by atoms with E-state index in [-0.39, 0.29) is 36.7 Å². The molecule has 0 saturated carbocycles. The fourth-order valence-electron chi connectivity index (χ4n) is 4.44.